The number of rotatable bonds is 4. The van der Waals surface area contributed by atoms with E-state index in [4.69, 9.17) is 11.6 Å². The highest BCUT2D eigenvalue weighted by Crippen LogP contribution is 2.22. The summed E-state index contributed by atoms with van der Waals surface area (Å²) in [6.45, 7) is 2.55. The molecule has 2 N–H and O–H groups in total. The lowest BCUT2D eigenvalue weighted by Crippen LogP contribution is -2.47. The summed E-state index contributed by atoms with van der Waals surface area (Å²) in [6, 6.07) is 13.1. The quantitative estimate of drug-likeness (QED) is 0.816. The minimum absolute atomic E-state index is 0.0796. The van der Waals surface area contributed by atoms with Gasteiger partial charge in [-0.15, -0.1) is 0 Å². The molecule has 2 aromatic rings. The first-order valence-corrected chi connectivity index (χ1v) is 10.2. The molecule has 1 aliphatic heterocycles. The Hall–Kier alpha value is -2.58. The van der Waals surface area contributed by atoms with Crippen LogP contribution in [0.25, 0.3) is 0 Å². The summed E-state index contributed by atoms with van der Waals surface area (Å²) in [6.07, 6.45) is 0.809. The number of hydrogen-bond acceptors (Lipinski definition) is 5. The first kappa shape index (κ1) is 19.2. The summed E-state index contributed by atoms with van der Waals surface area (Å²) in [7, 11) is -3.82. The van der Waals surface area contributed by atoms with Crippen LogP contribution in [0.5, 0.6) is 0 Å². The van der Waals surface area contributed by atoms with E-state index in [-0.39, 0.29) is 16.8 Å². The van der Waals surface area contributed by atoms with E-state index in [1.165, 1.54) is 31.2 Å². The number of carbonyl (C=O) groups is 1. The van der Waals surface area contributed by atoms with Crippen molar-refractivity contribution >= 4 is 44.9 Å². The Balaban J connectivity index is 1.83. The number of aliphatic imine (C=N–C) groups is 1. The fraction of sp³-hybridized carbons (Fsp3) is 0.222. The van der Waals surface area contributed by atoms with Crippen LogP contribution in [0.4, 0.5) is 11.4 Å². The zero-order chi connectivity index (χ0) is 19.4. The monoisotopic (exact) mass is 406 g/mol. The molecule has 0 saturated carbocycles. The highest BCUT2D eigenvalue weighted by molar-refractivity contribution is 7.90. The number of hydrogen-bond donors (Lipinski definition) is 2. The Morgan fingerprint density at radius 3 is 2.59 bits per heavy atom. The van der Waals surface area contributed by atoms with E-state index in [0.717, 1.165) is 12.1 Å². The van der Waals surface area contributed by atoms with Gasteiger partial charge in [-0.05, 0) is 48.9 Å². The zero-order valence-electron chi connectivity index (χ0n) is 14.6. The second-order valence-corrected chi connectivity index (χ2v) is 8.12. The number of sulfonamides is 1. The molecule has 0 spiro atoms. The van der Waals surface area contributed by atoms with Gasteiger partial charge in [-0.1, -0.05) is 17.7 Å². The van der Waals surface area contributed by atoms with E-state index < -0.39 is 10.0 Å². The third-order valence-corrected chi connectivity index (χ3v) is 5.47. The number of anilines is 2. The number of halogens is 1. The molecule has 1 amide bonds. The van der Waals surface area contributed by atoms with Gasteiger partial charge in [0.2, 0.25) is 11.9 Å². The predicted molar refractivity (Wildman–Crippen MR) is 107 cm³/mol. The lowest BCUT2D eigenvalue weighted by atomic mass is 10.2. The average molecular weight is 407 g/mol. The molecule has 0 saturated heterocycles. The predicted octanol–water partition coefficient (Wildman–Crippen LogP) is 2.84. The molecule has 0 radical (unpaired) electrons. The summed E-state index contributed by atoms with van der Waals surface area (Å²) in [5.74, 6) is 0.0342. The van der Waals surface area contributed by atoms with Gasteiger partial charge >= 0.3 is 0 Å². The molecule has 27 heavy (non-hydrogen) atoms. The minimum atomic E-state index is -3.82. The Bertz CT molecular complexity index is 974. The van der Waals surface area contributed by atoms with Crippen LogP contribution in [0.2, 0.25) is 5.02 Å². The number of nitrogens with one attached hydrogen (secondary N) is 2. The second-order valence-electron chi connectivity index (χ2n) is 6.00. The minimum Gasteiger partial charge on any atom is -0.326 e. The van der Waals surface area contributed by atoms with Crippen LogP contribution in [0, 0.1) is 0 Å². The van der Waals surface area contributed by atoms with E-state index in [1.54, 1.807) is 23.1 Å². The highest BCUT2D eigenvalue weighted by Gasteiger charge is 2.23. The molecule has 1 aliphatic rings. The molecule has 1 heterocycles. The van der Waals surface area contributed by atoms with Crippen molar-refractivity contribution in [3.8, 4) is 0 Å². The van der Waals surface area contributed by atoms with E-state index >= 15 is 0 Å². The lowest BCUT2D eigenvalue weighted by Gasteiger charge is -2.29. The van der Waals surface area contributed by atoms with Gasteiger partial charge in [0.1, 0.15) is 0 Å². The smallest absolute Gasteiger partial charge is 0.264 e. The molecule has 2 aromatic carbocycles. The van der Waals surface area contributed by atoms with Gasteiger partial charge in [0.05, 0.1) is 4.90 Å². The number of guanidine groups is 1. The Kier molecular flexibility index (Phi) is 5.67. The lowest BCUT2D eigenvalue weighted by molar-refractivity contribution is -0.114. The summed E-state index contributed by atoms with van der Waals surface area (Å²) < 4.78 is 28.0. The summed E-state index contributed by atoms with van der Waals surface area (Å²) >= 11 is 6.06. The van der Waals surface area contributed by atoms with Gasteiger partial charge in [-0.3, -0.25) is 9.79 Å². The zero-order valence-corrected chi connectivity index (χ0v) is 16.2. The molecule has 3 rings (SSSR count). The van der Waals surface area contributed by atoms with Crippen LogP contribution in [0.3, 0.4) is 0 Å². The number of nitrogens with zero attached hydrogens (tertiary/aromatic N) is 2. The SMILES string of the molecule is CC(=O)Nc1ccc(S(=O)(=O)NC2=NCCCN2c2cccc(Cl)c2)cc1. The average Bonchev–Trinajstić information content (AvgIpc) is 2.62. The van der Waals surface area contributed by atoms with Crippen LogP contribution < -0.4 is 14.9 Å². The topological polar surface area (TPSA) is 90.9 Å². The summed E-state index contributed by atoms with van der Waals surface area (Å²) in [4.78, 5) is 17.3. The maximum absolute atomic E-state index is 12.7. The Morgan fingerprint density at radius 1 is 1.19 bits per heavy atom. The van der Waals surface area contributed by atoms with E-state index in [9.17, 15) is 13.2 Å². The standard InChI is InChI=1S/C18H19ClN4O3S/c1-13(24)21-15-6-8-17(9-7-15)27(25,26)22-18-20-10-3-11-23(18)16-5-2-4-14(19)12-16/h2,4-9,12H,3,10-11H2,1H3,(H,20,22)(H,21,24). The third-order valence-electron chi connectivity index (χ3n) is 3.89. The molecule has 0 unspecified atom stereocenters. The van der Waals surface area contributed by atoms with Crippen LogP contribution in [0.1, 0.15) is 13.3 Å². The van der Waals surface area contributed by atoms with Crippen molar-refractivity contribution in [3.05, 3.63) is 53.6 Å². The second kappa shape index (κ2) is 7.98. The van der Waals surface area contributed by atoms with Crippen molar-refractivity contribution in [1.29, 1.82) is 0 Å². The molecule has 142 valence electrons. The maximum atomic E-state index is 12.7. The number of carbonyl (C=O) groups excluding carboxylic acids is 1. The maximum Gasteiger partial charge on any atom is 0.264 e. The first-order valence-electron chi connectivity index (χ1n) is 8.33. The summed E-state index contributed by atoms with van der Waals surface area (Å²) in [5.41, 5.74) is 1.29. The number of benzene rings is 2. The van der Waals surface area contributed by atoms with Gasteiger partial charge in [0.25, 0.3) is 10.0 Å². The normalized spacial score (nSPS) is 14.4. The fourth-order valence-corrected chi connectivity index (χ4v) is 3.90. The van der Waals surface area contributed by atoms with Gasteiger partial charge in [0.15, 0.2) is 0 Å². The number of amides is 1. The molecule has 0 aliphatic carbocycles. The van der Waals surface area contributed by atoms with Gasteiger partial charge in [-0.25, -0.2) is 13.1 Å². The van der Waals surface area contributed by atoms with Gasteiger partial charge < -0.3 is 10.2 Å². The molecular weight excluding hydrogens is 388 g/mol. The third kappa shape index (κ3) is 4.78. The largest absolute Gasteiger partial charge is 0.326 e. The van der Waals surface area contributed by atoms with Gasteiger partial charge in [-0.2, -0.15) is 0 Å². The fourth-order valence-electron chi connectivity index (χ4n) is 2.69. The van der Waals surface area contributed by atoms with Crippen molar-refractivity contribution in [2.75, 3.05) is 23.3 Å². The van der Waals surface area contributed by atoms with Gasteiger partial charge in [0, 0.05) is 36.4 Å². The Labute approximate surface area is 163 Å². The molecule has 0 aromatic heterocycles. The molecule has 0 fully saturated rings. The van der Waals surface area contributed by atoms with E-state index in [1.807, 2.05) is 6.07 Å². The van der Waals surface area contributed by atoms with Crippen molar-refractivity contribution in [2.24, 2.45) is 4.99 Å². The van der Waals surface area contributed by atoms with Crippen LogP contribution in [-0.2, 0) is 14.8 Å². The highest BCUT2D eigenvalue weighted by atomic mass is 35.5. The Morgan fingerprint density at radius 2 is 1.93 bits per heavy atom. The van der Waals surface area contributed by atoms with Crippen LogP contribution in [0.15, 0.2) is 58.4 Å². The van der Waals surface area contributed by atoms with Crippen molar-refractivity contribution in [1.82, 2.24) is 4.72 Å². The molecule has 0 bridgehead atoms. The van der Waals surface area contributed by atoms with E-state index in [0.29, 0.717) is 23.8 Å². The van der Waals surface area contributed by atoms with Crippen LogP contribution >= 0.6 is 11.6 Å². The summed E-state index contributed by atoms with van der Waals surface area (Å²) in [5, 5.41) is 3.16. The van der Waals surface area contributed by atoms with E-state index in [2.05, 4.69) is 15.0 Å². The molecule has 9 heteroatoms. The van der Waals surface area contributed by atoms with Crippen LogP contribution in [-0.4, -0.2) is 33.4 Å². The van der Waals surface area contributed by atoms with Crippen molar-refractivity contribution < 1.29 is 13.2 Å². The first-order chi connectivity index (χ1) is 12.8. The van der Waals surface area contributed by atoms with Crippen molar-refractivity contribution in [3.63, 3.8) is 0 Å². The molecule has 7 nitrogen and oxygen atoms in total. The molecule has 0 atom stereocenters. The molecular formula is C18H19ClN4O3S. The van der Waals surface area contributed by atoms with Crippen molar-refractivity contribution in [2.45, 2.75) is 18.2 Å².